The van der Waals surface area contributed by atoms with Crippen LogP contribution in [0.2, 0.25) is 0 Å². The lowest BCUT2D eigenvalue weighted by Crippen LogP contribution is -2.38. The zero-order valence-electron chi connectivity index (χ0n) is 12.4. The number of aromatic nitrogens is 3. The van der Waals surface area contributed by atoms with Crippen molar-refractivity contribution in [3.63, 3.8) is 0 Å². The van der Waals surface area contributed by atoms with Gasteiger partial charge < -0.3 is 10.6 Å². The van der Waals surface area contributed by atoms with E-state index in [-0.39, 0.29) is 11.9 Å². The fourth-order valence-corrected chi connectivity index (χ4v) is 2.74. The van der Waals surface area contributed by atoms with E-state index in [1.165, 1.54) is 11.8 Å². The Hall–Kier alpha value is -2.02. The second-order valence-electron chi connectivity index (χ2n) is 4.88. The van der Waals surface area contributed by atoms with Crippen molar-refractivity contribution < 1.29 is 4.79 Å². The molecule has 2 N–H and O–H groups in total. The van der Waals surface area contributed by atoms with E-state index >= 15 is 0 Å². The molecule has 0 saturated carbocycles. The fourth-order valence-electron chi connectivity index (χ4n) is 1.97. The van der Waals surface area contributed by atoms with Gasteiger partial charge in [0.05, 0.1) is 5.75 Å². The van der Waals surface area contributed by atoms with E-state index in [4.69, 9.17) is 5.73 Å². The van der Waals surface area contributed by atoms with Crippen molar-refractivity contribution >= 4 is 29.3 Å². The van der Waals surface area contributed by atoms with Gasteiger partial charge in [-0.05, 0) is 26.0 Å². The van der Waals surface area contributed by atoms with Crippen LogP contribution in [0.4, 0.5) is 11.6 Å². The molecule has 1 aromatic heterocycles. The van der Waals surface area contributed by atoms with Crippen LogP contribution in [0.5, 0.6) is 0 Å². The van der Waals surface area contributed by atoms with Gasteiger partial charge in [-0.3, -0.25) is 9.36 Å². The Morgan fingerprint density at radius 1 is 1.33 bits per heavy atom. The molecule has 0 aliphatic heterocycles. The van der Waals surface area contributed by atoms with E-state index in [2.05, 4.69) is 10.2 Å². The van der Waals surface area contributed by atoms with Crippen LogP contribution in [0.1, 0.15) is 13.8 Å². The predicted molar refractivity (Wildman–Crippen MR) is 85.2 cm³/mol. The molecule has 112 valence electrons. The van der Waals surface area contributed by atoms with Crippen molar-refractivity contribution in [1.29, 1.82) is 0 Å². The van der Waals surface area contributed by atoms with E-state index in [9.17, 15) is 4.79 Å². The maximum absolute atomic E-state index is 12.5. The molecule has 1 aromatic carbocycles. The zero-order valence-corrected chi connectivity index (χ0v) is 13.2. The summed E-state index contributed by atoms with van der Waals surface area (Å²) in [4.78, 5) is 14.3. The maximum atomic E-state index is 12.5. The Morgan fingerprint density at radius 3 is 2.52 bits per heavy atom. The summed E-state index contributed by atoms with van der Waals surface area (Å²) in [5, 5.41) is 8.36. The number of hydrogen-bond donors (Lipinski definition) is 1. The molecule has 7 heteroatoms. The molecule has 0 aliphatic carbocycles. The first-order valence-electron chi connectivity index (χ1n) is 6.65. The van der Waals surface area contributed by atoms with Crippen LogP contribution in [0.15, 0.2) is 35.5 Å². The van der Waals surface area contributed by atoms with Crippen molar-refractivity contribution in [2.24, 2.45) is 7.05 Å². The van der Waals surface area contributed by atoms with Crippen LogP contribution < -0.4 is 10.6 Å². The Morgan fingerprint density at radius 2 is 2.00 bits per heavy atom. The number of nitrogen functional groups attached to an aromatic ring is 1. The van der Waals surface area contributed by atoms with Gasteiger partial charge in [0.2, 0.25) is 11.9 Å². The minimum Gasteiger partial charge on any atom is -0.368 e. The summed E-state index contributed by atoms with van der Waals surface area (Å²) < 4.78 is 1.67. The number of carbonyl (C=O) groups excluding carboxylic acids is 1. The summed E-state index contributed by atoms with van der Waals surface area (Å²) >= 11 is 1.33. The number of carbonyl (C=O) groups is 1. The lowest BCUT2D eigenvalue weighted by Gasteiger charge is -2.26. The van der Waals surface area contributed by atoms with E-state index in [1.54, 1.807) is 16.5 Å². The van der Waals surface area contributed by atoms with Gasteiger partial charge in [0.25, 0.3) is 0 Å². The molecule has 2 rings (SSSR count). The van der Waals surface area contributed by atoms with Crippen LogP contribution in [0, 0.1) is 0 Å². The summed E-state index contributed by atoms with van der Waals surface area (Å²) in [5.74, 6) is 0.662. The molecular weight excluding hydrogens is 286 g/mol. The van der Waals surface area contributed by atoms with Gasteiger partial charge in [0.15, 0.2) is 5.16 Å². The number of para-hydroxylation sites is 1. The molecule has 0 bridgehead atoms. The quantitative estimate of drug-likeness (QED) is 0.854. The van der Waals surface area contributed by atoms with Crippen molar-refractivity contribution in [2.75, 3.05) is 16.4 Å². The number of nitrogens with two attached hydrogens (primary N) is 1. The Labute approximate surface area is 128 Å². The van der Waals surface area contributed by atoms with Gasteiger partial charge in [-0.15, -0.1) is 10.2 Å². The molecule has 21 heavy (non-hydrogen) atoms. The Balaban J connectivity index is 2.08. The minimum atomic E-state index is 0.0303. The summed E-state index contributed by atoms with van der Waals surface area (Å²) in [5.41, 5.74) is 6.53. The molecule has 0 spiro atoms. The summed E-state index contributed by atoms with van der Waals surface area (Å²) in [6, 6.07) is 9.74. The summed E-state index contributed by atoms with van der Waals surface area (Å²) in [7, 11) is 1.78. The van der Waals surface area contributed by atoms with Crippen molar-refractivity contribution in [2.45, 2.75) is 25.0 Å². The number of amides is 1. The largest absolute Gasteiger partial charge is 0.368 e. The third-order valence-electron chi connectivity index (χ3n) is 3.01. The highest BCUT2D eigenvalue weighted by atomic mass is 32.2. The van der Waals surface area contributed by atoms with Crippen molar-refractivity contribution in [3.8, 4) is 0 Å². The van der Waals surface area contributed by atoms with Crippen molar-refractivity contribution in [3.05, 3.63) is 30.3 Å². The second kappa shape index (κ2) is 6.62. The zero-order chi connectivity index (χ0) is 15.4. The van der Waals surface area contributed by atoms with Crippen LogP contribution in [-0.2, 0) is 11.8 Å². The normalized spacial score (nSPS) is 10.9. The third kappa shape index (κ3) is 3.55. The average molecular weight is 305 g/mol. The standard InChI is InChI=1S/C14H19N5OS/c1-10(2)19(11-7-5-4-6-8-11)12(20)9-21-14-17-16-13(15)18(14)3/h4-8,10H,9H2,1-3H3,(H2,15,16). The fraction of sp³-hybridized carbons (Fsp3) is 0.357. The molecule has 0 atom stereocenters. The number of benzene rings is 1. The smallest absolute Gasteiger partial charge is 0.237 e. The van der Waals surface area contributed by atoms with E-state index < -0.39 is 0 Å². The minimum absolute atomic E-state index is 0.0303. The van der Waals surface area contributed by atoms with Crippen LogP contribution in [-0.4, -0.2) is 32.5 Å². The molecule has 2 aromatic rings. The molecule has 0 saturated heterocycles. The molecule has 0 radical (unpaired) electrons. The molecule has 0 aliphatic rings. The lowest BCUT2D eigenvalue weighted by molar-refractivity contribution is -0.116. The topological polar surface area (TPSA) is 77.0 Å². The highest BCUT2D eigenvalue weighted by Gasteiger charge is 2.20. The highest BCUT2D eigenvalue weighted by Crippen LogP contribution is 2.21. The van der Waals surface area contributed by atoms with Gasteiger partial charge in [-0.2, -0.15) is 0 Å². The van der Waals surface area contributed by atoms with Gasteiger partial charge >= 0.3 is 0 Å². The summed E-state index contributed by atoms with van der Waals surface area (Å²) in [6.07, 6.45) is 0. The molecule has 1 amide bonds. The number of rotatable bonds is 5. The van der Waals surface area contributed by atoms with E-state index in [1.807, 2.05) is 44.2 Å². The van der Waals surface area contributed by atoms with E-state index in [0.717, 1.165) is 5.69 Å². The van der Waals surface area contributed by atoms with Crippen LogP contribution in [0.25, 0.3) is 0 Å². The molecule has 0 fully saturated rings. The molecule has 1 heterocycles. The van der Waals surface area contributed by atoms with Gasteiger partial charge in [0.1, 0.15) is 0 Å². The highest BCUT2D eigenvalue weighted by molar-refractivity contribution is 7.99. The number of anilines is 2. The monoisotopic (exact) mass is 305 g/mol. The van der Waals surface area contributed by atoms with E-state index in [0.29, 0.717) is 16.9 Å². The first-order chi connectivity index (χ1) is 10.0. The van der Waals surface area contributed by atoms with Crippen molar-refractivity contribution in [1.82, 2.24) is 14.8 Å². The van der Waals surface area contributed by atoms with Crippen LogP contribution >= 0.6 is 11.8 Å². The third-order valence-corrected chi connectivity index (χ3v) is 4.02. The van der Waals surface area contributed by atoms with Gasteiger partial charge in [-0.25, -0.2) is 0 Å². The molecule has 0 unspecified atom stereocenters. The summed E-state index contributed by atoms with van der Waals surface area (Å²) in [6.45, 7) is 3.99. The lowest BCUT2D eigenvalue weighted by atomic mass is 10.2. The van der Waals surface area contributed by atoms with Gasteiger partial charge in [0, 0.05) is 18.8 Å². The average Bonchev–Trinajstić information content (AvgIpc) is 2.77. The van der Waals surface area contributed by atoms with Gasteiger partial charge in [-0.1, -0.05) is 30.0 Å². The van der Waals surface area contributed by atoms with Crippen LogP contribution in [0.3, 0.4) is 0 Å². The SMILES string of the molecule is CC(C)N(C(=O)CSc1nnc(N)n1C)c1ccccc1. The first-order valence-corrected chi connectivity index (χ1v) is 7.64. The first kappa shape index (κ1) is 15.4. The molecular formula is C14H19N5OS. The second-order valence-corrected chi connectivity index (χ2v) is 5.82. The maximum Gasteiger partial charge on any atom is 0.237 e. The Bertz CT molecular complexity index is 611. The number of nitrogens with zero attached hydrogens (tertiary/aromatic N) is 4. The number of hydrogen-bond acceptors (Lipinski definition) is 5. The predicted octanol–water partition coefficient (Wildman–Crippen LogP) is 1.93. The Kier molecular flexibility index (Phi) is 4.85. The number of thioether (sulfide) groups is 1. The molecule has 6 nitrogen and oxygen atoms in total.